The Morgan fingerprint density at radius 2 is 1.84 bits per heavy atom. The number of hydrogen-bond donors (Lipinski definition) is 0. The minimum Gasteiger partial charge on any atom is -0.336 e. The molecule has 0 unspecified atom stereocenters. The molecule has 6 heteroatoms. The Bertz CT molecular complexity index is 530. The Kier molecular flexibility index (Phi) is 5.98. The number of nitriles is 2. The smallest absolute Gasteiger partial charge is 0.256 e. The third-order valence-electron chi connectivity index (χ3n) is 2.43. The van der Waals surface area contributed by atoms with E-state index in [1.807, 2.05) is 12.1 Å². The predicted molar refractivity (Wildman–Crippen MR) is 70.5 cm³/mol. The molecule has 0 N–H and O–H groups in total. The Balaban J connectivity index is 2.94. The van der Waals surface area contributed by atoms with Crippen LogP contribution >= 0.6 is 15.9 Å². The maximum atomic E-state index is 13.6. The first-order valence-corrected chi connectivity index (χ1v) is 6.37. The van der Waals surface area contributed by atoms with E-state index in [-0.39, 0.29) is 31.5 Å². The molecule has 4 nitrogen and oxygen atoms in total. The van der Waals surface area contributed by atoms with Crippen molar-refractivity contribution in [2.24, 2.45) is 0 Å². The summed E-state index contributed by atoms with van der Waals surface area (Å²) in [5.74, 6) is -1.13. The van der Waals surface area contributed by atoms with Crippen molar-refractivity contribution in [3.05, 3.63) is 34.1 Å². The molecule has 98 valence electrons. The molecule has 0 saturated heterocycles. The van der Waals surface area contributed by atoms with E-state index >= 15 is 0 Å². The summed E-state index contributed by atoms with van der Waals surface area (Å²) < 4.78 is 14.2. The molecule has 1 rings (SSSR count). The average molecular weight is 324 g/mol. The van der Waals surface area contributed by atoms with Gasteiger partial charge in [0.15, 0.2) is 0 Å². The molecular formula is C13H11BrFN3O. The number of hydrogen-bond acceptors (Lipinski definition) is 3. The predicted octanol–water partition coefficient (Wildman–Crippen LogP) is 2.86. The molecule has 0 aromatic heterocycles. The Hall–Kier alpha value is -1.92. The van der Waals surface area contributed by atoms with Gasteiger partial charge in [0.05, 0.1) is 30.5 Å². The van der Waals surface area contributed by atoms with Crippen LogP contribution in [0.25, 0.3) is 0 Å². The SMILES string of the molecule is N#CCCN(CCC#N)C(=O)c1cc(Br)ccc1F. The van der Waals surface area contributed by atoms with Crippen LogP contribution in [0.4, 0.5) is 4.39 Å². The molecule has 0 bridgehead atoms. The molecule has 0 radical (unpaired) electrons. The highest BCUT2D eigenvalue weighted by molar-refractivity contribution is 9.10. The molecule has 1 amide bonds. The van der Waals surface area contributed by atoms with Gasteiger partial charge in [0, 0.05) is 17.6 Å². The van der Waals surface area contributed by atoms with Crippen molar-refractivity contribution in [1.82, 2.24) is 4.90 Å². The van der Waals surface area contributed by atoms with Gasteiger partial charge in [-0.15, -0.1) is 0 Å². The third kappa shape index (κ3) is 4.35. The van der Waals surface area contributed by atoms with Gasteiger partial charge in [-0.1, -0.05) is 15.9 Å². The summed E-state index contributed by atoms with van der Waals surface area (Å²) in [7, 11) is 0. The fraction of sp³-hybridized carbons (Fsp3) is 0.308. The standard InChI is InChI=1S/C13H11BrFN3O/c14-10-3-4-12(15)11(9-10)13(19)18(7-1-5-16)8-2-6-17/h3-4,9H,1-2,7-8H2. The molecule has 0 aliphatic rings. The van der Waals surface area contributed by atoms with Crippen LogP contribution in [0.2, 0.25) is 0 Å². The van der Waals surface area contributed by atoms with Crippen molar-refractivity contribution in [2.75, 3.05) is 13.1 Å². The number of halogens is 2. The van der Waals surface area contributed by atoms with E-state index in [0.29, 0.717) is 4.47 Å². The van der Waals surface area contributed by atoms with Gasteiger partial charge < -0.3 is 4.90 Å². The van der Waals surface area contributed by atoms with Gasteiger partial charge in [-0.3, -0.25) is 4.79 Å². The molecule has 0 saturated carbocycles. The van der Waals surface area contributed by atoms with Crippen molar-refractivity contribution in [1.29, 1.82) is 10.5 Å². The van der Waals surface area contributed by atoms with Crippen molar-refractivity contribution >= 4 is 21.8 Å². The first kappa shape index (κ1) is 15.1. The molecule has 0 spiro atoms. The van der Waals surface area contributed by atoms with Crippen LogP contribution < -0.4 is 0 Å². The molecule has 0 aliphatic carbocycles. The highest BCUT2D eigenvalue weighted by Crippen LogP contribution is 2.17. The van der Waals surface area contributed by atoms with E-state index in [4.69, 9.17) is 10.5 Å². The van der Waals surface area contributed by atoms with Gasteiger partial charge in [0.1, 0.15) is 5.82 Å². The zero-order valence-corrected chi connectivity index (χ0v) is 11.7. The van der Waals surface area contributed by atoms with Gasteiger partial charge in [0.2, 0.25) is 0 Å². The minimum absolute atomic E-state index is 0.0646. The monoisotopic (exact) mass is 323 g/mol. The lowest BCUT2D eigenvalue weighted by molar-refractivity contribution is 0.0757. The highest BCUT2D eigenvalue weighted by atomic mass is 79.9. The molecule has 19 heavy (non-hydrogen) atoms. The summed E-state index contributed by atoms with van der Waals surface area (Å²) in [6.07, 6.45) is 0.291. The fourth-order valence-corrected chi connectivity index (χ4v) is 1.88. The van der Waals surface area contributed by atoms with Crippen LogP contribution in [0.3, 0.4) is 0 Å². The van der Waals surface area contributed by atoms with Gasteiger partial charge in [0.25, 0.3) is 5.91 Å². The number of carbonyl (C=O) groups excluding carboxylic acids is 1. The summed E-state index contributed by atoms with van der Waals surface area (Å²) >= 11 is 3.18. The van der Waals surface area contributed by atoms with Crippen LogP contribution in [0.5, 0.6) is 0 Å². The Labute approximate surface area is 119 Å². The molecule has 1 aromatic carbocycles. The van der Waals surface area contributed by atoms with Crippen LogP contribution in [0.1, 0.15) is 23.2 Å². The first-order chi connectivity index (χ1) is 9.10. The average Bonchev–Trinajstić information content (AvgIpc) is 2.41. The lowest BCUT2D eigenvalue weighted by Gasteiger charge is -2.20. The fourth-order valence-electron chi connectivity index (χ4n) is 1.52. The van der Waals surface area contributed by atoms with Crippen LogP contribution in [0, 0.1) is 28.5 Å². The van der Waals surface area contributed by atoms with E-state index in [0.717, 1.165) is 0 Å². The number of amides is 1. The largest absolute Gasteiger partial charge is 0.336 e. The van der Waals surface area contributed by atoms with E-state index in [2.05, 4.69) is 15.9 Å². The van der Waals surface area contributed by atoms with E-state index < -0.39 is 11.7 Å². The Morgan fingerprint density at radius 3 is 2.37 bits per heavy atom. The topological polar surface area (TPSA) is 67.9 Å². The van der Waals surface area contributed by atoms with Crippen LogP contribution in [-0.2, 0) is 0 Å². The van der Waals surface area contributed by atoms with Crippen molar-refractivity contribution in [3.8, 4) is 12.1 Å². The first-order valence-electron chi connectivity index (χ1n) is 5.58. The van der Waals surface area contributed by atoms with Crippen LogP contribution in [0.15, 0.2) is 22.7 Å². The third-order valence-corrected chi connectivity index (χ3v) is 2.93. The zero-order valence-electron chi connectivity index (χ0n) is 10.1. The van der Waals surface area contributed by atoms with Gasteiger partial charge in [-0.05, 0) is 18.2 Å². The van der Waals surface area contributed by atoms with E-state index in [9.17, 15) is 9.18 Å². The Morgan fingerprint density at radius 1 is 1.26 bits per heavy atom. The lowest BCUT2D eigenvalue weighted by atomic mass is 10.1. The van der Waals surface area contributed by atoms with Crippen molar-refractivity contribution in [3.63, 3.8) is 0 Å². The molecule has 0 atom stereocenters. The molecule has 0 fully saturated rings. The number of benzene rings is 1. The summed E-state index contributed by atoms with van der Waals surface area (Å²) in [5.41, 5.74) is -0.0646. The minimum atomic E-state index is -0.618. The second-order valence-corrected chi connectivity index (χ2v) is 4.65. The van der Waals surface area contributed by atoms with Crippen molar-refractivity contribution in [2.45, 2.75) is 12.8 Å². The van der Waals surface area contributed by atoms with Gasteiger partial charge >= 0.3 is 0 Å². The van der Waals surface area contributed by atoms with Crippen molar-refractivity contribution < 1.29 is 9.18 Å². The maximum Gasteiger partial charge on any atom is 0.256 e. The summed E-state index contributed by atoms with van der Waals surface area (Å²) in [4.78, 5) is 13.5. The lowest BCUT2D eigenvalue weighted by Crippen LogP contribution is -2.33. The normalized spacial score (nSPS) is 9.47. The molecular weight excluding hydrogens is 313 g/mol. The van der Waals surface area contributed by atoms with E-state index in [1.165, 1.54) is 23.1 Å². The second kappa shape index (κ2) is 7.50. The summed E-state index contributed by atoms with van der Waals surface area (Å²) in [6.45, 7) is 0.367. The quantitative estimate of drug-likeness (QED) is 0.836. The molecule has 0 heterocycles. The number of nitrogens with zero attached hydrogens (tertiary/aromatic N) is 3. The zero-order chi connectivity index (χ0) is 14.3. The number of rotatable bonds is 5. The molecule has 0 aliphatic heterocycles. The highest BCUT2D eigenvalue weighted by Gasteiger charge is 2.19. The summed E-state index contributed by atoms with van der Waals surface area (Å²) in [5, 5.41) is 17.1. The van der Waals surface area contributed by atoms with Gasteiger partial charge in [-0.2, -0.15) is 10.5 Å². The van der Waals surface area contributed by atoms with E-state index in [1.54, 1.807) is 0 Å². The van der Waals surface area contributed by atoms with Crippen LogP contribution in [-0.4, -0.2) is 23.9 Å². The summed E-state index contributed by atoms with van der Waals surface area (Å²) in [6, 6.07) is 7.95. The maximum absolute atomic E-state index is 13.6. The number of carbonyl (C=O) groups is 1. The van der Waals surface area contributed by atoms with Gasteiger partial charge in [-0.25, -0.2) is 4.39 Å². The molecule has 1 aromatic rings. The second-order valence-electron chi connectivity index (χ2n) is 3.73.